The predicted molar refractivity (Wildman–Crippen MR) is 267 cm³/mol. The highest BCUT2D eigenvalue weighted by molar-refractivity contribution is 6.21. The van der Waals surface area contributed by atoms with E-state index in [-0.39, 0.29) is 50.1 Å². The van der Waals surface area contributed by atoms with Crippen molar-refractivity contribution < 1.29 is 80.9 Å². The molecule has 3 aliphatic heterocycles. The van der Waals surface area contributed by atoms with Gasteiger partial charge >= 0.3 is 23.9 Å². The Morgan fingerprint density at radius 1 is 0.507 bits per heavy atom. The minimum absolute atomic E-state index is 0.0122. The van der Waals surface area contributed by atoms with Crippen molar-refractivity contribution in [2.75, 3.05) is 26.9 Å². The van der Waals surface area contributed by atoms with Gasteiger partial charge < -0.3 is 52.1 Å². The van der Waals surface area contributed by atoms with Crippen LogP contribution < -0.4 is 0 Å². The van der Waals surface area contributed by atoms with Crippen LogP contribution in [0.1, 0.15) is 103 Å². The molecule has 0 spiro atoms. The molecular formula is C57H67NO17. The Kier molecular flexibility index (Phi) is 21.4. The molecule has 4 aromatic rings. The first-order valence-corrected chi connectivity index (χ1v) is 25.4. The molecule has 2 saturated heterocycles. The van der Waals surface area contributed by atoms with Crippen LogP contribution >= 0.6 is 0 Å². The molecule has 3 aliphatic rings. The monoisotopic (exact) mass is 1040 g/mol. The molecule has 18 nitrogen and oxygen atoms in total. The standard InChI is InChI=1S/C57H67NO17/c1-37(59)68-36-46-50(71-38(2)60)51(72-39(3)61)48(58-54(63)43-28-19-20-29-44(43)55(58)64)56(73-46)75-53-52(70-34-42-26-16-11-17-27-42)49(69-33-41-24-14-10-15-25-41)45(35-66-32-40-22-12-9-13-23-40)74-57(53)67-31-21-8-6-5-7-18-30-47(62)65-4/h9-17,19-20,22-29,45-46,48-53,56-57H,5-8,18,21,30-36H2,1-4H3/t45-,46-,48-,49-,50-,51-,52+,53+,56+,57+/m1/s1. The summed E-state index contributed by atoms with van der Waals surface area (Å²) in [6.45, 7) is 3.49. The lowest BCUT2D eigenvalue weighted by Crippen LogP contribution is -2.70. The zero-order valence-electron chi connectivity index (χ0n) is 42.8. The van der Waals surface area contributed by atoms with E-state index in [0.717, 1.165) is 67.5 Å². The Hall–Kier alpha value is -6.38. The summed E-state index contributed by atoms with van der Waals surface area (Å²) in [5.74, 6) is -4.14. The Morgan fingerprint density at radius 2 is 1.00 bits per heavy atom. The van der Waals surface area contributed by atoms with Crippen molar-refractivity contribution in [1.82, 2.24) is 4.90 Å². The summed E-state index contributed by atoms with van der Waals surface area (Å²) in [7, 11) is 1.38. The van der Waals surface area contributed by atoms with Gasteiger partial charge in [0.05, 0.1) is 44.7 Å². The Balaban J connectivity index is 1.30. The van der Waals surface area contributed by atoms with Crippen molar-refractivity contribution in [3.05, 3.63) is 143 Å². The van der Waals surface area contributed by atoms with E-state index < -0.39 is 97.7 Å². The van der Waals surface area contributed by atoms with E-state index in [1.165, 1.54) is 26.2 Å². The van der Waals surface area contributed by atoms with Gasteiger partial charge in [0.25, 0.3) is 11.8 Å². The van der Waals surface area contributed by atoms with Crippen molar-refractivity contribution in [3.8, 4) is 0 Å². The molecule has 0 bridgehead atoms. The second kappa shape index (κ2) is 28.5. The fraction of sp³-hybridized carbons (Fsp3) is 0.474. The highest BCUT2D eigenvalue weighted by Crippen LogP contribution is 2.39. The molecule has 0 saturated carbocycles. The lowest BCUT2D eigenvalue weighted by atomic mass is 9.93. The summed E-state index contributed by atoms with van der Waals surface area (Å²) in [6.07, 6.45) is -6.73. The maximum Gasteiger partial charge on any atom is 0.305 e. The van der Waals surface area contributed by atoms with E-state index in [9.17, 15) is 28.8 Å². The Bertz CT molecular complexity index is 2440. The lowest BCUT2D eigenvalue weighted by molar-refractivity contribution is -0.367. The van der Waals surface area contributed by atoms with Gasteiger partial charge in [0.2, 0.25) is 0 Å². The van der Waals surface area contributed by atoms with Crippen LogP contribution in [0.3, 0.4) is 0 Å². The van der Waals surface area contributed by atoms with Crippen LogP contribution in [-0.4, -0.2) is 129 Å². The maximum absolute atomic E-state index is 14.6. The Morgan fingerprint density at radius 3 is 1.56 bits per heavy atom. The molecule has 0 aliphatic carbocycles. The number of carbonyl (C=O) groups is 6. The minimum atomic E-state index is -1.74. The number of hydrogen-bond acceptors (Lipinski definition) is 17. The van der Waals surface area contributed by atoms with Gasteiger partial charge in [-0.2, -0.15) is 0 Å². The van der Waals surface area contributed by atoms with Crippen LogP contribution in [0.5, 0.6) is 0 Å². The first-order valence-electron chi connectivity index (χ1n) is 25.4. The number of nitrogens with zero attached hydrogens (tertiary/aromatic N) is 1. The molecular weight excluding hydrogens is 971 g/mol. The van der Waals surface area contributed by atoms with E-state index >= 15 is 0 Å². The third-order valence-electron chi connectivity index (χ3n) is 12.9. The molecule has 7 rings (SSSR count). The topological polar surface area (TPSA) is 207 Å². The van der Waals surface area contributed by atoms with Gasteiger partial charge in [-0.15, -0.1) is 0 Å². The molecule has 3 heterocycles. The molecule has 18 heteroatoms. The van der Waals surface area contributed by atoms with E-state index in [0.29, 0.717) is 12.8 Å². The SMILES string of the molecule is COC(=O)CCCCCCCCO[C@H]1O[C@H](COCc2ccccc2)[C@@H](OCc2ccccc2)[C@H](OCc2ccccc2)[C@@H]1O[C@@H]1O[C@H](COC(C)=O)[C@@H](OC(C)=O)[C@H](OC(C)=O)[C@H]1N1C(=O)c2ccccc2C1=O. The number of hydrogen-bond donors (Lipinski definition) is 0. The number of benzene rings is 4. The quantitative estimate of drug-likeness (QED) is 0.0250. The number of unbranched alkanes of at least 4 members (excludes halogenated alkanes) is 5. The largest absolute Gasteiger partial charge is 0.469 e. The smallest absolute Gasteiger partial charge is 0.305 e. The summed E-state index contributed by atoms with van der Waals surface area (Å²) in [6, 6.07) is 33.2. The molecule has 2 amide bonds. The number of carbonyl (C=O) groups excluding carboxylic acids is 6. The van der Waals surface area contributed by atoms with Crippen LogP contribution in [0.25, 0.3) is 0 Å². The maximum atomic E-state index is 14.6. The summed E-state index contributed by atoms with van der Waals surface area (Å²) < 4.78 is 69.6. The van der Waals surface area contributed by atoms with Crippen LogP contribution in [0.15, 0.2) is 115 Å². The van der Waals surface area contributed by atoms with Gasteiger partial charge in [-0.1, -0.05) is 129 Å². The second-order valence-corrected chi connectivity index (χ2v) is 18.5. The van der Waals surface area contributed by atoms with Gasteiger partial charge in [0.15, 0.2) is 24.8 Å². The fourth-order valence-electron chi connectivity index (χ4n) is 9.37. The van der Waals surface area contributed by atoms with E-state index in [1.807, 2.05) is 91.0 Å². The van der Waals surface area contributed by atoms with Crippen molar-refractivity contribution in [3.63, 3.8) is 0 Å². The first-order chi connectivity index (χ1) is 36.4. The highest BCUT2D eigenvalue weighted by atomic mass is 16.8. The third kappa shape index (κ3) is 15.8. The van der Waals surface area contributed by atoms with Gasteiger partial charge in [-0.05, 0) is 41.7 Å². The molecule has 0 radical (unpaired) electrons. The summed E-state index contributed by atoms with van der Waals surface area (Å²) in [5, 5.41) is 0. The van der Waals surface area contributed by atoms with E-state index in [2.05, 4.69) is 0 Å². The van der Waals surface area contributed by atoms with E-state index in [1.54, 1.807) is 12.1 Å². The first kappa shape index (κ1) is 56.3. The number of esters is 4. The number of fused-ring (bicyclic) bond motifs is 1. The van der Waals surface area contributed by atoms with Crippen LogP contribution in [0.2, 0.25) is 0 Å². The number of imide groups is 1. The average Bonchev–Trinajstić information content (AvgIpc) is 3.67. The average molecular weight is 1040 g/mol. The molecule has 0 aromatic heterocycles. The minimum Gasteiger partial charge on any atom is -0.469 e. The second-order valence-electron chi connectivity index (χ2n) is 18.5. The fourth-order valence-corrected chi connectivity index (χ4v) is 9.37. The number of amides is 2. The Labute approximate surface area is 437 Å². The normalized spacial score (nSPS) is 24.3. The highest BCUT2D eigenvalue weighted by Gasteiger charge is 2.60. The summed E-state index contributed by atoms with van der Waals surface area (Å²) in [5.41, 5.74) is 2.72. The summed E-state index contributed by atoms with van der Waals surface area (Å²) >= 11 is 0. The molecule has 0 unspecified atom stereocenters. The van der Waals surface area contributed by atoms with E-state index in [4.69, 9.17) is 52.1 Å². The van der Waals surface area contributed by atoms with Crippen LogP contribution in [-0.2, 0) is 91.1 Å². The van der Waals surface area contributed by atoms with Crippen LogP contribution in [0, 0.1) is 0 Å². The molecule has 10 atom stereocenters. The van der Waals surface area contributed by atoms with Crippen molar-refractivity contribution in [2.24, 2.45) is 0 Å². The molecule has 402 valence electrons. The molecule has 2 fully saturated rings. The zero-order valence-corrected chi connectivity index (χ0v) is 42.8. The number of rotatable bonds is 27. The zero-order chi connectivity index (χ0) is 53.1. The molecule has 4 aromatic carbocycles. The number of ether oxygens (including phenoxy) is 11. The van der Waals surface area contributed by atoms with Crippen molar-refractivity contribution >= 4 is 35.7 Å². The van der Waals surface area contributed by atoms with Gasteiger partial charge in [0, 0.05) is 33.8 Å². The van der Waals surface area contributed by atoms with Crippen LogP contribution in [0.4, 0.5) is 0 Å². The molecule has 0 N–H and O–H groups in total. The van der Waals surface area contributed by atoms with Gasteiger partial charge in [-0.25, -0.2) is 0 Å². The number of methoxy groups -OCH3 is 1. The lowest BCUT2D eigenvalue weighted by Gasteiger charge is -2.50. The van der Waals surface area contributed by atoms with Crippen molar-refractivity contribution in [2.45, 2.75) is 147 Å². The summed E-state index contributed by atoms with van der Waals surface area (Å²) in [4.78, 5) is 80.1. The third-order valence-corrected chi connectivity index (χ3v) is 12.9. The molecule has 75 heavy (non-hydrogen) atoms. The predicted octanol–water partition coefficient (Wildman–Crippen LogP) is 7.22. The van der Waals surface area contributed by atoms with Gasteiger partial charge in [-0.3, -0.25) is 33.7 Å². The van der Waals surface area contributed by atoms with Crippen molar-refractivity contribution in [1.29, 1.82) is 0 Å². The van der Waals surface area contributed by atoms with Gasteiger partial charge in [0.1, 0.15) is 43.2 Å².